The van der Waals surface area contributed by atoms with Gasteiger partial charge in [-0.3, -0.25) is 10.1 Å². The summed E-state index contributed by atoms with van der Waals surface area (Å²) in [6, 6.07) is 0. The Balaban J connectivity index is 0. The van der Waals surface area contributed by atoms with Gasteiger partial charge in [-0.25, -0.2) is 0 Å². The second-order valence-corrected chi connectivity index (χ2v) is 2.50. The minimum absolute atomic E-state index is 0.500. The zero-order valence-electron chi connectivity index (χ0n) is 7.80. The van der Waals surface area contributed by atoms with Gasteiger partial charge in [0, 0.05) is 4.92 Å². The van der Waals surface area contributed by atoms with Crippen molar-refractivity contribution in [2.45, 2.75) is 46.0 Å². The molecule has 0 N–H and O–H groups in total. The predicted octanol–water partition coefficient (Wildman–Crippen LogP) is 2.87. The largest absolute Gasteiger partial charge is 0.265 e. The molecule has 0 bridgehead atoms. The fraction of sp³-hybridized carbons (Fsp3) is 1.00. The van der Waals surface area contributed by atoms with Crippen LogP contribution < -0.4 is 0 Å². The molecule has 0 spiro atoms. The predicted molar refractivity (Wildman–Crippen MR) is 47.4 cm³/mol. The smallest absolute Gasteiger partial charge is 0.194 e. The molecular formula is C8H19NO2. The van der Waals surface area contributed by atoms with Crippen LogP contribution in [0.15, 0.2) is 0 Å². The first-order valence-electron chi connectivity index (χ1n) is 4.23. The van der Waals surface area contributed by atoms with Gasteiger partial charge in [0.2, 0.25) is 0 Å². The standard InChI is InChI=1S/C7H16.CH3NO2/c1-3-5-7-6-4-2;1-2(3)4/h3-7H2,1-2H3;1H3. The number of nitro groups is 1. The van der Waals surface area contributed by atoms with Gasteiger partial charge in [-0.05, 0) is 0 Å². The molecule has 0 fully saturated rings. The Hall–Kier alpha value is -0.600. The van der Waals surface area contributed by atoms with E-state index in [1.165, 1.54) is 32.1 Å². The minimum atomic E-state index is -0.500. The van der Waals surface area contributed by atoms with E-state index >= 15 is 0 Å². The molecule has 0 rings (SSSR count). The molecule has 0 radical (unpaired) electrons. The third kappa shape index (κ3) is 44.5. The van der Waals surface area contributed by atoms with Crippen LogP contribution in [0.3, 0.4) is 0 Å². The van der Waals surface area contributed by atoms with E-state index in [-0.39, 0.29) is 0 Å². The first kappa shape index (κ1) is 13.0. The molecule has 0 aliphatic heterocycles. The molecule has 11 heavy (non-hydrogen) atoms. The molecule has 68 valence electrons. The quantitative estimate of drug-likeness (QED) is 0.361. The zero-order chi connectivity index (χ0) is 9.11. The van der Waals surface area contributed by atoms with Crippen LogP contribution in [0.4, 0.5) is 0 Å². The normalized spacial score (nSPS) is 8.27. The van der Waals surface area contributed by atoms with E-state index in [4.69, 9.17) is 10.1 Å². The Kier molecular flexibility index (Phi) is 14.3. The van der Waals surface area contributed by atoms with Crippen molar-refractivity contribution in [3.8, 4) is 0 Å². The molecule has 0 aliphatic carbocycles. The number of unbranched alkanes of at least 4 members (excludes halogenated alkanes) is 4. The summed E-state index contributed by atoms with van der Waals surface area (Å²) in [7, 11) is 0.889. The minimum Gasteiger partial charge on any atom is -0.265 e. The molecule has 0 aromatic heterocycles. The first-order valence-corrected chi connectivity index (χ1v) is 4.23. The highest BCUT2D eigenvalue weighted by Crippen LogP contribution is 2.00. The van der Waals surface area contributed by atoms with E-state index < -0.39 is 4.92 Å². The van der Waals surface area contributed by atoms with Crippen LogP contribution in [0.25, 0.3) is 0 Å². The van der Waals surface area contributed by atoms with E-state index in [0.29, 0.717) is 0 Å². The van der Waals surface area contributed by atoms with Gasteiger partial charge >= 0.3 is 0 Å². The fourth-order valence-electron chi connectivity index (χ4n) is 0.677. The maximum Gasteiger partial charge on any atom is 0.194 e. The van der Waals surface area contributed by atoms with Gasteiger partial charge in [-0.1, -0.05) is 46.0 Å². The Morgan fingerprint density at radius 2 is 1.36 bits per heavy atom. The summed E-state index contributed by atoms with van der Waals surface area (Å²) in [5.41, 5.74) is 0. The second kappa shape index (κ2) is 12.1. The Labute approximate surface area is 69.0 Å². The van der Waals surface area contributed by atoms with Crippen molar-refractivity contribution in [3.63, 3.8) is 0 Å². The molecule has 3 nitrogen and oxygen atoms in total. The lowest BCUT2D eigenvalue weighted by Crippen LogP contribution is -1.79. The van der Waals surface area contributed by atoms with Crippen LogP contribution in [0.2, 0.25) is 0 Å². The molecule has 0 amide bonds. The number of hydrogen-bond acceptors (Lipinski definition) is 2. The SMILES string of the molecule is CCCCCCC.C[N+](=O)[O-]. The van der Waals surface area contributed by atoms with E-state index in [1.807, 2.05) is 0 Å². The molecule has 0 aliphatic rings. The van der Waals surface area contributed by atoms with Crippen molar-refractivity contribution >= 4 is 0 Å². The van der Waals surface area contributed by atoms with Crippen LogP contribution in [-0.2, 0) is 0 Å². The van der Waals surface area contributed by atoms with Crippen LogP contribution in [0.5, 0.6) is 0 Å². The van der Waals surface area contributed by atoms with E-state index in [0.717, 1.165) is 7.05 Å². The van der Waals surface area contributed by atoms with Gasteiger partial charge in [-0.2, -0.15) is 0 Å². The molecule has 3 heteroatoms. The highest BCUT2D eigenvalue weighted by Gasteiger charge is 1.80. The third-order valence-electron chi connectivity index (χ3n) is 1.21. The molecule has 0 unspecified atom stereocenters. The van der Waals surface area contributed by atoms with E-state index in [9.17, 15) is 0 Å². The van der Waals surface area contributed by atoms with Crippen molar-refractivity contribution in [2.24, 2.45) is 0 Å². The van der Waals surface area contributed by atoms with Gasteiger partial charge < -0.3 is 0 Å². The Bertz CT molecular complexity index is 76.2. The average molecular weight is 161 g/mol. The lowest BCUT2D eigenvalue weighted by atomic mass is 10.2. The van der Waals surface area contributed by atoms with E-state index in [2.05, 4.69) is 13.8 Å². The highest BCUT2D eigenvalue weighted by atomic mass is 16.6. The van der Waals surface area contributed by atoms with Gasteiger partial charge in [0.25, 0.3) is 0 Å². The summed E-state index contributed by atoms with van der Waals surface area (Å²) >= 11 is 0. The average Bonchev–Trinajstić information content (AvgIpc) is 1.88. The summed E-state index contributed by atoms with van der Waals surface area (Å²) in [5.74, 6) is 0. The molecule has 0 heterocycles. The lowest BCUT2D eigenvalue weighted by Gasteiger charge is -1.90. The molecule has 0 aromatic rings. The van der Waals surface area contributed by atoms with Crippen LogP contribution in [0.1, 0.15) is 46.0 Å². The number of hydrogen-bond donors (Lipinski definition) is 0. The van der Waals surface area contributed by atoms with E-state index in [1.54, 1.807) is 0 Å². The van der Waals surface area contributed by atoms with Gasteiger partial charge in [-0.15, -0.1) is 0 Å². The summed E-state index contributed by atoms with van der Waals surface area (Å²) in [6.45, 7) is 4.49. The maximum atomic E-state index is 8.81. The summed E-state index contributed by atoms with van der Waals surface area (Å²) in [5, 5.41) is 8.81. The highest BCUT2D eigenvalue weighted by molar-refractivity contribution is 4.35. The summed E-state index contributed by atoms with van der Waals surface area (Å²) < 4.78 is 0. The summed E-state index contributed by atoms with van der Waals surface area (Å²) in [4.78, 5) is 8.31. The Morgan fingerprint density at radius 3 is 1.55 bits per heavy atom. The molecule has 0 atom stereocenters. The maximum absolute atomic E-state index is 8.81. The van der Waals surface area contributed by atoms with Crippen molar-refractivity contribution < 1.29 is 4.92 Å². The first-order chi connectivity index (χ1) is 5.15. The van der Waals surface area contributed by atoms with Gasteiger partial charge in [0.1, 0.15) is 0 Å². The second-order valence-electron chi connectivity index (χ2n) is 2.50. The van der Waals surface area contributed by atoms with Crippen molar-refractivity contribution in [1.29, 1.82) is 0 Å². The third-order valence-corrected chi connectivity index (χ3v) is 1.21. The molecular weight excluding hydrogens is 142 g/mol. The fourth-order valence-corrected chi connectivity index (χ4v) is 0.677. The number of nitrogens with zero attached hydrogens (tertiary/aromatic N) is 1. The van der Waals surface area contributed by atoms with Crippen LogP contribution in [0, 0.1) is 10.1 Å². The topological polar surface area (TPSA) is 43.1 Å². The van der Waals surface area contributed by atoms with Crippen molar-refractivity contribution in [1.82, 2.24) is 0 Å². The monoisotopic (exact) mass is 161 g/mol. The molecule has 0 saturated heterocycles. The molecule has 0 aromatic carbocycles. The lowest BCUT2D eigenvalue weighted by molar-refractivity contribution is -0.445. The zero-order valence-corrected chi connectivity index (χ0v) is 7.80. The number of rotatable bonds is 4. The van der Waals surface area contributed by atoms with Crippen molar-refractivity contribution in [2.75, 3.05) is 7.05 Å². The van der Waals surface area contributed by atoms with Crippen LogP contribution >= 0.6 is 0 Å². The molecule has 0 saturated carbocycles. The van der Waals surface area contributed by atoms with Gasteiger partial charge in [0.15, 0.2) is 7.05 Å². The van der Waals surface area contributed by atoms with Crippen molar-refractivity contribution in [3.05, 3.63) is 10.1 Å². The summed E-state index contributed by atoms with van der Waals surface area (Å²) in [6.07, 6.45) is 7.01. The van der Waals surface area contributed by atoms with Crippen LogP contribution in [-0.4, -0.2) is 12.0 Å². The van der Waals surface area contributed by atoms with Gasteiger partial charge in [0.05, 0.1) is 0 Å². The Morgan fingerprint density at radius 1 is 1.09 bits per heavy atom.